The lowest BCUT2D eigenvalue weighted by atomic mass is 9.95. The molecule has 1 heterocycles. The summed E-state index contributed by atoms with van der Waals surface area (Å²) in [5.74, 6) is -0.0186. The predicted molar refractivity (Wildman–Crippen MR) is 62.2 cm³/mol. The Labute approximate surface area is 102 Å². The van der Waals surface area contributed by atoms with Crippen LogP contribution in [0.3, 0.4) is 0 Å². The van der Waals surface area contributed by atoms with Crippen LogP contribution in [0.4, 0.5) is 0 Å². The molecule has 0 aliphatic carbocycles. The number of hydrogen-bond donors (Lipinski definition) is 2. The molecule has 0 fully saturated rings. The zero-order chi connectivity index (χ0) is 11.7. The highest BCUT2D eigenvalue weighted by Crippen LogP contribution is 2.31. The van der Waals surface area contributed by atoms with E-state index < -0.39 is 0 Å². The third-order valence-electron chi connectivity index (χ3n) is 2.77. The van der Waals surface area contributed by atoms with Crippen LogP contribution in [0.15, 0.2) is 16.6 Å². The van der Waals surface area contributed by atoms with Gasteiger partial charge < -0.3 is 9.84 Å². The van der Waals surface area contributed by atoms with Gasteiger partial charge in [0.25, 0.3) is 0 Å². The first-order chi connectivity index (χ1) is 7.63. The average molecular weight is 286 g/mol. The van der Waals surface area contributed by atoms with Gasteiger partial charge in [-0.3, -0.25) is 10.1 Å². The number of halogens is 1. The van der Waals surface area contributed by atoms with Crippen molar-refractivity contribution in [1.82, 2.24) is 5.32 Å². The van der Waals surface area contributed by atoms with E-state index in [0.717, 1.165) is 15.6 Å². The second kappa shape index (κ2) is 4.43. The highest BCUT2D eigenvalue weighted by molar-refractivity contribution is 9.10. The zero-order valence-electron chi connectivity index (χ0n) is 8.79. The fraction of sp³-hybridized carbons (Fsp3) is 0.364. The van der Waals surface area contributed by atoms with Crippen molar-refractivity contribution >= 4 is 21.9 Å². The molecule has 0 radical (unpaired) electrons. The Hall–Kier alpha value is -1.07. The SMILES string of the molecule is COC(=O)[C@H]1Cc2c(Br)ccc(O)c2CN1. The van der Waals surface area contributed by atoms with Gasteiger partial charge in [-0.2, -0.15) is 0 Å². The van der Waals surface area contributed by atoms with Gasteiger partial charge in [0.15, 0.2) is 0 Å². The van der Waals surface area contributed by atoms with Crippen molar-refractivity contribution in [3.63, 3.8) is 0 Å². The number of phenols is 1. The molecule has 0 spiro atoms. The Kier molecular flexibility index (Phi) is 3.16. The molecule has 0 saturated carbocycles. The number of nitrogens with one attached hydrogen (secondary N) is 1. The number of methoxy groups -OCH3 is 1. The van der Waals surface area contributed by atoms with Gasteiger partial charge in [-0.05, 0) is 17.7 Å². The van der Waals surface area contributed by atoms with Crippen LogP contribution in [0.2, 0.25) is 0 Å². The normalized spacial score (nSPS) is 19.0. The number of carbonyl (C=O) groups excluding carboxylic acids is 1. The van der Waals surface area contributed by atoms with E-state index >= 15 is 0 Å². The summed E-state index contributed by atoms with van der Waals surface area (Å²) in [6.45, 7) is 0.473. The number of benzene rings is 1. The second-order valence-electron chi connectivity index (χ2n) is 3.68. The molecule has 1 aliphatic heterocycles. The van der Waals surface area contributed by atoms with Crippen molar-refractivity contribution in [2.75, 3.05) is 7.11 Å². The summed E-state index contributed by atoms with van der Waals surface area (Å²) >= 11 is 3.42. The minimum absolute atomic E-state index is 0.258. The molecule has 0 bridgehead atoms. The Morgan fingerprint density at radius 2 is 2.31 bits per heavy atom. The Morgan fingerprint density at radius 3 is 3.00 bits per heavy atom. The fourth-order valence-corrected chi connectivity index (χ4v) is 2.41. The van der Waals surface area contributed by atoms with Crippen LogP contribution < -0.4 is 5.32 Å². The first-order valence-corrected chi connectivity index (χ1v) is 5.73. The van der Waals surface area contributed by atoms with Gasteiger partial charge in [0.1, 0.15) is 11.8 Å². The highest BCUT2D eigenvalue weighted by atomic mass is 79.9. The van der Waals surface area contributed by atoms with Gasteiger partial charge in [0, 0.05) is 23.0 Å². The van der Waals surface area contributed by atoms with Gasteiger partial charge in [0.2, 0.25) is 0 Å². The quantitative estimate of drug-likeness (QED) is 0.765. The summed E-state index contributed by atoms with van der Waals surface area (Å²) in [6, 6.07) is 3.09. The van der Waals surface area contributed by atoms with Gasteiger partial charge in [-0.15, -0.1) is 0 Å². The summed E-state index contributed by atoms with van der Waals surface area (Å²) in [5.41, 5.74) is 1.81. The summed E-state index contributed by atoms with van der Waals surface area (Å²) in [4.78, 5) is 11.4. The highest BCUT2D eigenvalue weighted by Gasteiger charge is 2.27. The first kappa shape index (κ1) is 11.4. The van der Waals surface area contributed by atoms with Crippen LogP contribution >= 0.6 is 15.9 Å². The molecule has 2 rings (SSSR count). The molecule has 1 aliphatic rings. The summed E-state index contributed by atoms with van der Waals surface area (Å²) in [7, 11) is 1.37. The van der Waals surface area contributed by atoms with Crippen LogP contribution in [0.1, 0.15) is 11.1 Å². The Balaban J connectivity index is 2.33. The molecule has 0 aromatic heterocycles. The van der Waals surface area contributed by atoms with E-state index in [2.05, 4.69) is 21.2 Å². The number of phenolic OH excluding ortho intramolecular Hbond substituents is 1. The molecule has 0 amide bonds. The third-order valence-corrected chi connectivity index (χ3v) is 3.51. The number of carbonyl (C=O) groups is 1. The number of aromatic hydroxyl groups is 1. The van der Waals surface area contributed by atoms with Crippen molar-refractivity contribution < 1.29 is 14.6 Å². The molecule has 1 aromatic carbocycles. The second-order valence-corrected chi connectivity index (χ2v) is 4.54. The predicted octanol–water partition coefficient (Wildman–Crippen LogP) is 1.34. The van der Waals surface area contributed by atoms with Gasteiger partial charge in [-0.1, -0.05) is 15.9 Å². The van der Waals surface area contributed by atoms with Gasteiger partial charge >= 0.3 is 5.97 Å². The molecular formula is C11H12BrNO3. The summed E-state index contributed by atoms with van der Waals surface area (Å²) < 4.78 is 5.61. The topological polar surface area (TPSA) is 58.6 Å². The molecule has 2 N–H and O–H groups in total. The molecule has 16 heavy (non-hydrogen) atoms. The number of rotatable bonds is 1. The first-order valence-electron chi connectivity index (χ1n) is 4.94. The largest absolute Gasteiger partial charge is 0.508 e. The van der Waals surface area contributed by atoms with Gasteiger partial charge in [0.05, 0.1) is 7.11 Å². The number of hydrogen-bond acceptors (Lipinski definition) is 4. The maximum Gasteiger partial charge on any atom is 0.323 e. The van der Waals surface area contributed by atoms with E-state index in [9.17, 15) is 9.90 Å². The number of ether oxygens (including phenoxy) is 1. The van der Waals surface area contributed by atoms with Crippen LogP contribution in [-0.4, -0.2) is 24.2 Å². The van der Waals surface area contributed by atoms with E-state index in [1.54, 1.807) is 12.1 Å². The number of esters is 1. The lowest BCUT2D eigenvalue weighted by Crippen LogP contribution is -2.42. The third kappa shape index (κ3) is 1.92. The van der Waals surface area contributed by atoms with E-state index in [-0.39, 0.29) is 17.8 Å². The smallest absolute Gasteiger partial charge is 0.323 e. The minimum Gasteiger partial charge on any atom is -0.508 e. The van der Waals surface area contributed by atoms with E-state index in [4.69, 9.17) is 4.74 Å². The lowest BCUT2D eigenvalue weighted by Gasteiger charge is -2.25. The molecule has 1 aromatic rings. The maximum absolute atomic E-state index is 11.4. The minimum atomic E-state index is -0.337. The van der Waals surface area contributed by atoms with Crippen LogP contribution in [-0.2, 0) is 22.5 Å². The zero-order valence-corrected chi connectivity index (χ0v) is 10.4. The molecule has 4 nitrogen and oxygen atoms in total. The van der Waals surface area contributed by atoms with Crippen molar-refractivity contribution in [2.24, 2.45) is 0 Å². The average Bonchev–Trinajstić information content (AvgIpc) is 2.32. The number of fused-ring (bicyclic) bond motifs is 1. The Bertz CT molecular complexity index is 433. The van der Waals surface area contributed by atoms with Crippen LogP contribution in [0.5, 0.6) is 5.75 Å². The molecule has 0 unspecified atom stereocenters. The van der Waals surface area contributed by atoms with E-state index in [1.165, 1.54) is 7.11 Å². The molecule has 86 valence electrons. The van der Waals surface area contributed by atoms with E-state index in [1.807, 2.05) is 0 Å². The fourth-order valence-electron chi connectivity index (χ4n) is 1.88. The summed E-state index contributed by atoms with van der Waals surface area (Å²) in [5, 5.41) is 12.7. The molecule has 0 saturated heterocycles. The molecular weight excluding hydrogens is 274 g/mol. The molecule has 5 heteroatoms. The standard InChI is InChI=1S/C11H12BrNO3/c1-16-11(15)9-4-6-7(5-13-9)10(14)3-2-8(6)12/h2-3,9,13-14H,4-5H2,1H3/t9-/m1/s1. The maximum atomic E-state index is 11.4. The van der Waals surface area contributed by atoms with Crippen molar-refractivity contribution in [2.45, 2.75) is 19.0 Å². The van der Waals surface area contributed by atoms with Crippen molar-refractivity contribution in [3.05, 3.63) is 27.7 Å². The molecule has 1 atom stereocenters. The van der Waals surface area contributed by atoms with Crippen LogP contribution in [0, 0.1) is 0 Å². The lowest BCUT2D eigenvalue weighted by molar-refractivity contribution is -0.143. The van der Waals surface area contributed by atoms with Crippen molar-refractivity contribution in [3.8, 4) is 5.75 Å². The summed E-state index contributed by atoms with van der Waals surface area (Å²) in [6.07, 6.45) is 0.525. The van der Waals surface area contributed by atoms with E-state index in [0.29, 0.717) is 13.0 Å². The van der Waals surface area contributed by atoms with Crippen LogP contribution in [0.25, 0.3) is 0 Å². The van der Waals surface area contributed by atoms with Gasteiger partial charge in [-0.25, -0.2) is 0 Å². The monoisotopic (exact) mass is 285 g/mol. The van der Waals surface area contributed by atoms with Crippen molar-refractivity contribution in [1.29, 1.82) is 0 Å². The Morgan fingerprint density at radius 1 is 1.56 bits per heavy atom.